The van der Waals surface area contributed by atoms with Gasteiger partial charge in [0.2, 0.25) is 0 Å². The molecule has 0 bridgehead atoms. The van der Waals surface area contributed by atoms with Crippen molar-refractivity contribution in [1.82, 2.24) is 15.1 Å². The molecule has 1 aromatic heterocycles. The number of hydrogen-bond donors (Lipinski definition) is 1. The number of aromatic nitrogens is 2. The SMILES string of the molecule is CCCNC(c1ccnn1CC)C(CCC)OC. The second-order valence-corrected chi connectivity index (χ2v) is 4.57. The molecule has 0 radical (unpaired) electrons. The van der Waals surface area contributed by atoms with Crippen LogP contribution in [0.1, 0.15) is 51.8 Å². The third-order valence-electron chi connectivity index (χ3n) is 3.23. The van der Waals surface area contributed by atoms with Gasteiger partial charge in [0.15, 0.2) is 0 Å². The lowest BCUT2D eigenvalue weighted by Crippen LogP contribution is -2.35. The molecule has 1 heterocycles. The highest BCUT2D eigenvalue weighted by Gasteiger charge is 2.24. The Morgan fingerprint density at radius 2 is 2.11 bits per heavy atom. The third-order valence-corrected chi connectivity index (χ3v) is 3.23. The summed E-state index contributed by atoms with van der Waals surface area (Å²) in [5.74, 6) is 0. The maximum atomic E-state index is 5.67. The van der Waals surface area contributed by atoms with Gasteiger partial charge in [-0.05, 0) is 32.4 Å². The van der Waals surface area contributed by atoms with E-state index < -0.39 is 0 Å². The van der Waals surface area contributed by atoms with Gasteiger partial charge in [0.05, 0.1) is 17.8 Å². The fraction of sp³-hybridized carbons (Fsp3) is 0.786. The summed E-state index contributed by atoms with van der Waals surface area (Å²) in [5.41, 5.74) is 1.23. The highest BCUT2D eigenvalue weighted by Crippen LogP contribution is 2.22. The Morgan fingerprint density at radius 1 is 1.33 bits per heavy atom. The van der Waals surface area contributed by atoms with Crippen LogP contribution in [0.25, 0.3) is 0 Å². The van der Waals surface area contributed by atoms with Crippen molar-refractivity contribution in [2.24, 2.45) is 0 Å². The van der Waals surface area contributed by atoms with Crippen molar-refractivity contribution >= 4 is 0 Å². The number of methoxy groups -OCH3 is 1. The lowest BCUT2D eigenvalue weighted by Gasteiger charge is -2.27. The molecule has 2 atom stereocenters. The maximum Gasteiger partial charge on any atom is 0.0781 e. The van der Waals surface area contributed by atoms with Crippen LogP contribution in [0.15, 0.2) is 12.3 Å². The fourth-order valence-electron chi connectivity index (χ4n) is 2.30. The molecule has 1 N–H and O–H groups in total. The van der Waals surface area contributed by atoms with E-state index in [1.54, 1.807) is 7.11 Å². The highest BCUT2D eigenvalue weighted by atomic mass is 16.5. The van der Waals surface area contributed by atoms with Gasteiger partial charge in [-0.15, -0.1) is 0 Å². The normalized spacial score (nSPS) is 14.7. The van der Waals surface area contributed by atoms with Crippen molar-refractivity contribution in [1.29, 1.82) is 0 Å². The minimum Gasteiger partial charge on any atom is -0.379 e. The topological polar surface area (TPSA) is 39.1 Å². The Morgan fingerprint density at radius 3 is 2.67 bits per heavy atom. The summed E-state index contributed by atoms with van der Waals surface area (Å²) in [7, 11) is 1.80. The number of hydrogen-bond acceptors (Lipinski definition) is 3. The van der Waals surface area contributed by atoms with Gasteiger partial charge in [0, 0.05) is 19.9 Å². The third kappa shape index (κ3) is 3.82. The van der Waals surface area contributed by atoms with E-state index in [9.17, 15) is 0 Å². The molecule has 0 aliphatic heterocycles. The van der Waals surface area contributed by atoms with Crippen LogP contribution in [0.4, 0.5) is 0 Å². The minimum atomic E-state index is 0.212. The average Bonchev–Trinajstić information content (AvgIpc) is 2.86. The molecule has 0 aliphatic carbocycles. The molecule has 0 aromatic carbocycles. The fourth-order valence-corrected chi connectivity index (χ4v) is 2.30. The van der Waals surface area contributed by atoms with Gasteiger partial charge in [0.1, 0.15) is 0 Å². The van der Waals surface area contributed by atoms with Gasteiger partial charge in [-0.3, -0.25) is 4.68 Å². The van der Waals surface area contributed by atoms with E-state index in [4.69, 9.17) is 4.74 Å². The van der Waals surface area contributed by atoms with Crippen LogP contribution >= 0.6 is 0 Å². The second kappa shape index (κ2) is 8.27. The van der Waals surface area contributed by atoms with E-state index in [2.05, 4.69) is 41.9 Å². The van der Waals surface area contributed by atoms with Crippen molar-refractivity contribution in [3.63, 3.8) is 0 Å². The summed E-state index contributed by atoms with van der Waals surface area (Å²) in [6, 6.07) is 2.33. The first-order valence-electron chi connectivity index (χ1n) is 7.06. The summed E-state index contributed by atoms with van der Waals surface area (Å²) in [6.45, 7) is 8.40. The number of aryl methyl sites for hydroxylation is 1. The predicted molar refractivity (Wildman–Crippen MR) is 74.6 cm³/mol. The van der Waals surface area contributed by atoms with Crippen LogP contribution in [-0.2, 0) is 11.3 Å². The maximum absolute atomic E-state index is 5.67. The lowest BCUT2D eigenvalue weighted by atomic mass is 10.0. The quantitative estimate of drug-likeness (QED) is 0.735. The summed E-state index contributed by atoms with van der Waals surface area (Å²) in [6.07, 6.45) is 5.40. The molecule has 4 heteroatoms. The Kier molecular flexibility index (Phi) is 6.98. The molecule has 0 amide bonds. The lowest BCUT2D eigenvalue weighted by molar-refractivity contribution is 0.0578. The van der Waals surface area contributed by atoms with Gasteiger partial charge in [0.25, 0.3) is 0 Å². The smallest absolute Gasteiger partial charge is 0.0781 e. The molecule has 0 spiro atoms. The molecular weight excluding hydrogens is 226 g/mol. The highest BCUT2D eigenvalue weighted by molar-refractivity contribution is 5.09. The van der Waals surface area contributed by atoms with E-state index in [-0.39, 0.29) is 12.1 Å². The molecule has 1 aromatic rings. The summed E-state index contributed by atoms with van der Waals surface area (Å²) < 4.78 is 7.72. The van der Waals surface area contributed by atoms with Crippen molar-refractivity contribution in [3.05, 3.63) is 18.0 Å². The van der Waals surface area contributed by atoms with E-state index in [1.807, 2.05) is 6.20 Å². The number of ether oxygens (including phenoxy) is 1. The molecule has 0 fully saturated rings. The molecular formula is C14H27N3O. The zero-order valence-electron chi connectivity index (χ0n) is 12.1. The molecule has 2 unspecified atom stereocenters. The first kappa shape index (κ1) is 15.2. The molecule has 104 valence electrons. The number of nitrogens with one attached hydrogen (secondary N) is 1. The van der Waals surface area contributed by atoms with Crippen LogP contribution in [0.5, 0.6) is 0 Å². The van der Waals surface area contributed by atoms with Crippen molar-refractivity contribution < 1.29 is 4.74 Å². The van der Waals surface area contributed by atoms with E-state index in [0.29, 0.717) is 0 Å². The Hall–Kier alpha value is -0.870. The van der Waals surface area contributed by atoms with Crippen LogP contribution < -0.4 is 5.32 Å². The largest absolute Gasteiger partial charge is 0.379 e. The van der Waals surface area contributed by atoms with E-state index in [0.717, 1.165) is 32.4 Å². The molecule has 0 saturated heterocycles. The van der Waals surface area contributed by atoms with Crippen LogP contribution in [0.2, 0.25) is 0 Å². The molecule has 0 aliphatic rings. The monoisotopic (exact) mass is 253 g/mol. The summed E-state index contributed by atoms with van der Waals surface area (Å²) >= 11 is 0. The molecule has 4 nitrogen and oxygen atoms in total. The van der Waals surface area contributed by atoms with E-state index in [1.165, 1.54) is 5.69 Å². The summed E-state index contributed by atoms with van der Waals surface area (Å²) in [4.78, 5) is 0. The Labute approximate surface area is 111 Å². The minimum absolute atomic E-state index is 0.212. The Balaban J connectivity index is 2.88. The second-order valence-electron chi connectivity index (χ2n) is 4.57. The van der Waals surface area contributed by atoms with Gasteiger partial charge in [-0.1, -0.05) is 20.3 Å². The Bertz CT molecular complexity index is 325. The van der Waals surface area contributed by atoms with Crippen LogP contribution in [-0.4, -0.2) is 29.5 Å². The standard InChI is InChI=1S/C14H27N3O/c1-5-8-13(18-4)14(15-10-6-2)12-9-11-16-17(12)7-3/h9,11,13-15H,5-8,10H2,1-4H3. The molecule has 18 heavy (non-hydrogen) atoms. The predicted octanol–water partition coefficient (Wildman–Crippen LogP) is 2.76. The van der Waals surface area contributed by atoms with Gasteiger partial charge >= 0.3 is 0 Å². The zero-order chi connectivity index (χ0) is 13.4. The van der Waals surface area contributed by atoms with Crippen LogP contribution in [0, 0.1) is 0 Å². The van der Waals surface area contributed by atoms with Crippen molar-refractivity contribution in [2.45, 2.75) is 58.7 Å². The first-order chi connectivity index (χ1) is 8.78. The molecule has 1 rings (SSSR count). The molecule has 0 saturated carbocycles. The average molecular weight is 253 g/mol. The van der Waals surface area contributed by atoms with Crippen molar-refractivity contribution in [2.75, 3.05) is 13.7 Å². The first-order valence-corrected chi connectivity index (χ1v) is 7.06. The van der Waals surface area contributed by atoms with Gasteiger partial charge in [-0.2, -0.15) is 5.10 Å². The number of nitrogens with zero attached hydrogens (tertiary/aromatic N) is 2. The van der Waals surface area contributed by atoms with Crippen LogP contribution in [0.3, 0.4) is 0 Å². The van der Waals surface area contributed by atoms with E-state index >= 15 is 0 Å². The van der Waals surface area contributed by atoms with Gasteiger partial charge in [-0.25, -0.2) is 0 Å². The summed E-state index contributed by atoms with van der Waals surface area (Å²) in [5, 5.41) is 7.96. The van der Waals surface area contributed by atoms with Gasteiger partial charge < -0.3 is 10.1 Å². The zero-order valence-corrected chi connectivity index (χ0v) is 12.1. The van der Waals surface area contributed by atoms with Crippen molar-refractivity contribution in [3.8, 4) is 0 Å². The number of rotatable bonds is 9.